The van der Waals surface area contributed by atoms with Crippen LogP contribution < -0.4 is 0 Å². The van der Waals surface area contributed by atoms with Gasteiger partial charge in [0, 0.05) is 5.41 Å². The number of rotatable bonds is 2. The first-order valence-corrected chi connectivity index (χ1v) is 7.53. The van der Waals surface area contributed by atoms with Crippen LogP contribution in [0.5, 0.6) is 0 Å². The lowest BCUT2D eigenvalue weighted by molar-refractivity contribution is 0.849. The van der Waals surface area contributed by atoms with E-state index in [9.17, 15) is 0 Å². The van der Waals surface area contributed by atoms with Gasteiger partial charge in [-0.05, 0) is 17.5 Å². The van der Waals surface area contributed by atoms with Gasteiger partial charge in [0.1, 0.15) is 0 Å². The minimum absolute atomic E-state index is 0.135. The molecule has 1 aliphatic carbocycles. The van der Waals surface area contributed by atoms with E-state index in [0.29, 0.717) is 0 Å². The Bertz CT molecular complexity index is 480. The minimum atomic E-state index is 0.135. The van der Waals surface area contributed by atoms with Gasteiger partial charge in [-0.15, -0.1) is 0 Å². The molecule has 0 radical (unpaired) electrons. The van der Waals surface area contributed by atoms with Crippen LogP contribution >= 0.6 is 38.5 Å². The fraction of sp³-hybridized carbons (Fsp3) is 0.200. The molecule has 0 bridgehead atoms. The van der Waals surface area contributed by atoms with Crippen LogP contribution in [0.1, 0.15) is 17.5 Å². The molecule has 1 aliphatic rings. The van der Waals surface area contributed by atoms with Crippen LogP contribution in [-0.2, 0) is 5.41 Å². The zero-order valence-corrected chi connectivity index (χ0v) is 13.0. The molecule has 0 heterocycles. The highest BCUT2D eigenvalue weighted by atomic mass is 127. The summed E-state index contributed by atoms with van der Waals surface area (Å²) in [4.78, 5) is 0. The molecule has 0 aliphatic heterocycles. The van der Waals surface area contributed by atoms with Crippen LogP contribution in [0.2, 0.25) is 0 Å². The second kappa shape index (κ2) is 4.09. The van der Waals surface area contributed by atoms with Gasteiger partial charge in [0.15, 0.2) is 0 Å². The molecular formula is C15H12BrI. The van der Waals surface area contributed by atoms with Gasteiger partial charge in [-0.1, -0.05) is 99.2 Å². The average molecular weight is 399 g/mol. The molecule has 0 spiro atoms. The Kier molecular flexibility index (Phi) is 2.82. The van der Waals surface area contributed by atoms with Gasteiger partial charge in [-0.25, -0.2) is 0 Å². The summed E-state index contributed by atoms with van der Waals surface area (Å²) >= 11 is 6.40. The van der Waals surface area contributed by atoms with Gasteiger partial charge in [-0.2, -0.15) is 0 Å². The molecule has 0 aromatic heterocycles. The number of halogens is 2. The SMILES string of the molecule is BrC1(I)CC1(c1ccccc1)c1ccccc1. The van der Waals surface area contributed by atoms with Gasteiger partial charge < -0.3 is 0 Å². The first-order valence-electron chi connectivity index (χ1n) is 5.66. The molecule has 2 aromatic rings. The smallest absolute Gasteiger partial charge is 0.0723 e. The number of hydrogen-bond donors (Lipinski definition) is 0. The number of hydrogen-bond acceptors (Lipinski definition) is 0. The van der Waals surface area contributed by atoms with Gasteiger partial charge in [0.25, 0.3) is 0 Å². The van der Waals surface area contributed by atoms with Crippen molar-refractivity contribution in [2.45, 2.75) is 14.2 Å². The van der Waals surface area contributed by atoms with E-state index in [4.69, 9.17) is 0 Å². The van der Waals surface area contributed by atoms with Crippen molar-refractivity contribution in [2.24, 2.45) is 0 Å². The van der Waals surface area contributed by atoms with Crippen LogP contribution in [-0.4, -0.2) is 2.33 Å². The summed E-state index contributed by atoms with van der Waals surface area (Å²) in [5.74, 6) is 0. The Labute approximate surface area is 124 Å². The van der Waals surface area contributed by atoms with Crippen LogP contribution in [0.3, 0.4) is 0 Å². The predicted octanol–water partition coefficient (Wildman–Crippen LogP) is 4.90. The van der Waals surface area contributed by atoms with Crippen molar-refractivity contribution in [1.29, 1.82) is 0 Å². The standard InChI is InChI=1S/C15H12BrI/c16-15(17)11-14(15,12-7-3-1-4-8-12)13-9-5-2-6-10-13/h1-10H,11H2. The van der Waals surface area contributed by atoms with Crippen LogP contribution in [0.4, 0.5) is 0 Å². The zero-order chi connectivity index (χ0) is 11.9. The highest BCUT2D eigenvalue weighted by molar-refractivity contribution is 14.1. The van der Waals surface area contributed by atoms with Gasteiger partial charge >= 0.3 is 0 Å². The fourth-order valence-corrected chi connectivity index (χ4v) is 4.60. The van der Waals surface area contributed by atoms with Crippen molar-refractivity contribution < 1.29 is 0 Å². The van der Waals surface area contributed by atoms with Crippen LogP contribution in [0, 0.1) is 0 Å². The molecule has 2 heteroatoms. The van der Waals surface area contributed by atoms with E-state index in [1.165, 1.54) is 11.1 Å². The van der Waals surface area contributed by atoms with Crippen molar-refractivity contribution in [3.63, 3.8) is 0 Å². The summed E-state index contributed by atoms with van der Waals surface area (Å²) in [5.41, 5.74) is 2.94. The van der Waals surface area contributed by atoms with E-state index < -0.39 is 0 Å². The summed E-state index contributed by atoms with van der Waals surface area (Å²) in [6.07, 6.45) is 1.15. The van der Waals surface area contributed by atoms with Gasteiger partial charge in [0.05, 0.1) is 2.33 Å². The summed E-state index contributed by atoms with van der Waals surface area (Å²) in [6, 6.07) is 21.6. The highest BCUT2D eigenvalue weighted by Crippen LogP contribution is 2.70. The predicted molar refractivity (Wildman–Crippen MR) is 84.0 cm³/mol. The Balaban J connectivity index is 2.15. The average Bonchev–Trinajstić information content (AvgIpc) is 2.96. The molecular weight excluding hydrogens is 387 g/mol. The summed E-state index contributed by atoms with van der Waals surface area (Å²) < 4.78 is 0.153. The molecule has 1 saturated carbocycles. The third-order valence-corrected chi connectivity index (χ3v) is 5.78. The largest absolute Gasteiger partial charge is 0.0919 e. The van der Waals surface area contributed by atoms with Crippen LogP contribution in [0.25, 0.3) is 0 Å². The quantitative estimate of drug-likeness (QED) is 0.498. The highest BCUT2D eigenvalue weighted by Gasteiger charge is 2.66. The molecule has 86 valence electrons. The summed E-state index contributed by atoms with van der Waals surface area (Å²) in [5, 5.41) is 0. The second-order valence-electron chi connectivity index (χ2n) is 4.52. The Morgan fingerprint density at radius 2 is 1.18 bits per heavy atom. The van der Waals surface area contributed by atoms with E-state index >= 15 is 0 Å². The molecule has 1 unspecified atom stereocenters. The Morgan fingerprint density at radius 3 is 1.47 bits per heavy atom. The molecule has 0 nitrogen and oxygen atoms in total. The fourth-order valence-electron chi connectivity index (χ4n) is 2.53. The number of benzene rings is 2. The number of alkyl halides is 2. The normalized spacial score (nSPS) is 25.5. The molecule has 3 rings (SSSR count). The molecule has 1 atom stereocenters. The summed E-state index contributed by atoms with van der Waals surface area (Å²) in [6.45, 7) is 0. The maximum Gasteiger partial charge on any atom is 0.0919 e. The first kappa shape index (κ1) is 11.7. The lowest BCUT2D eigenvalue weighted by Gasteiger charge is -2.19. The monoisotopic (exact) mass is 398 g/mol. The van der Waals surface area contributed by atoms with Crippen molar-refractivity contribution >= 4 is 38.5 Å². The van der Waals surface area contributed by atoms with Crippen molar-refractivity contribution in [3.8, 4) is 0 Å². The van der Waals surface area contributed by atoms with E-state index in [0.717, 1.165) is 6.42 Å². The Morgan fingerprint density at radius 1 is 0.824 bits per heavy atom. The van der Waals surface area contributed by atoms with Gasteiger partial charge in [-0.3, -0.25) is 0 Å². The third kappa shape index (κ3) is 1.76. The molecule has 2 aromatic carbocycles. The molecule has 0 amide bonds. The topological polar surface area (TPSA) is 0 Å². The zero-order valence-electron chi connectivity index (χ0n) is 9.24. The summed E-state index contributed by atoms with van der Waals surface area (Å²) in [7, 11) is 0. The van der Waals surface area contributed by atoms with Crippen molar-refractivity contribution in [1.82, 2.24) is 0 Å². The van der Waals surface area contributed by atoms with E-state index in [1.54, 1.807) is 0 Å². The molecule has 1 fully saturated rings. The Hall–Kier alpha value is -0.350. The maximum absolute atomic E-state index is 3.87. The lowest BCUT2D eigenvalue weighted by atomic mass is 9.88. The molecule has 0 N–H and O–H groups in total. The van der Waals surface area contributed by atoms with Crippen molar-refractivity contribution in [2.75, 3.05) is 0 Å². The molecule has 17 heavy (non-hydrogen) atoms. The van der Waals surface area contributed by atoms with Gasteiger partial charge in [0.2, 0.25) is 0 Å². The van der Waals surface area contributed by atoms with E-state index in [1.807, 2.05) is 0 Å². The maximum atomic E-state index is 3.87. The third-order valence-electron chi connectivity index (χ3n) is 3.52. The minimum Gasteiger partial charge on any atom is -0.0723 e. The van der Waals surface area contributed by atoms with E-state index in [-0.39, 0.29) is 7.75 Å². The van der Waals surface area contributed by atoms with Crippen LogP contribution in [0.15, 0.2) is 60.7 Å². The van der Waals surface area contributed by atoms with E-state index in [2.05, 4.69) is 99.2 Å². The lowest BCUT2D eigenvalue weighted by Crippen LogP contribution is -2.15. The second-order valence-corrected chi connectivity index (χ2v) is 9.20. The molecule has 0 saturated heterocycles. The first-order chi connectivity index (χ1) is 8.17. The van der Waals surface area contributed by atoms with Crippen molar-refractivity contribution in [3.05, 3.63) is 71.8 Å².